The molecule has 0 aliphatic carbocycles. The van der Waals surface area contributed by atoms with Crippen molar-refractivity contribution >= 4 is 51.3 Å². The first kappa shape index (κ1) is 27.9. The van der Waals surface area contributed by atoms with Gasteiger partial charge >= 0.3 is 0 Å². The molecule has 6 aromatic rings. The Balaban J connectivity index is 1.15. The highest BCUT2D eigenvalue weighted by atomic mass is 35.5. The summed E-state index contributed by atoms with van der Waals surface area (Å²) in [6.45, 7) is 2.69. The molecule has 6 rings (SSSR count). The van der Waals surface area contributed by atoms with Crippen LogP contribution in [-0.2, 0) is 11.3 Å². The summed E-state index contributed by atoms with van der Waals surface area (Å²) in [6.07, 6.45) is 1.10. The summed E-state index contributed by atoms with van der Waals surface area (Å²) in [5, 5.41) is 14.6. The molecule has 6 nitrogen and oxygen atoms in total. The second-order valence-electron chi connectivity index (χ2n) is 10.3. The van der Waals surface area contributed by atoms with Crippen molar-refractivity contribution in [1.29, 1.82) is 0 Å². The normalized spacial score (nSPS) is 11.4. The predicted molar refractivity (Wildman–Crippen MR) is 171 cm³/mol. The molecule has 0 radical (unpaired) electrons. The molecule has 0 unspecified atom stereocenters. The van der Waals surface area contributed by atoms with Gasteiger partial charge in [0.1, 0.15) is 5.52 Å². The molecule has 4 aromatic carbocycles. The summed E-state index contributed by atoms with van der Waals surface area (Å²) in [5.74, 6) is 0.718. The van der Waals surface area contributed by atoms with E-state index in [0.717, 1.165) is 44.3 Å². The maximum atomic E-state index is 13.0. The first-order valence-electron chi connectivity index (χ1n) is 13.9. The molecule has 8 heteroatoms. The molecule has 2 aromatic heterocycles. The van der Waals surface area contributed by atoms with E-state index in [0.29, 0.717) is 35.3 Å². The number of hydrogen-bond donors (Lipinski definition) is 1. The number of halogens is 1. The van der Waals surface area contributed by atoms with Gasteiger partial charge in [-0.3, -0.25) is 4.79 Å². The Hall–Kier alpha value is -4.20. The number of nitrogens with one attached hydrogen (secondary N) is 1. The second kappa shape index (κ2) is 12.8. The number of fused-ring (bicyclic) bond motifs is 3. The lowest BCUT2D eigenvalue weighted by Crippen LogP contribution is -2.29. The van der Waals surface area contributed by atoms with Crippen LogP contribution in [0.15, 0.2) is 108 Å². The van der Waals surface area contributed by atoms with Crippen molar-refractivity contribution in [3.63, 3.8) is 0 Å². The van der Waals surface area contributed by atoms with Crippen molar-refractivity contribution in [2.75, 3.05) is 5.75 Å². The number of rotatable bonds is 10. The highest BCUT2D eigenvalue weighted by Gasteiger charge is 2.18. The Bertz CT molecular complexity index is 1800. The maximum Gasteiger partial charge on any atom is 0.220 e. The van der Waals surface area contributed by atoms with E-state index in [-0.39, 0.29) is 11.9 Å². The van der Waals surface area contributed by atoms with E-state index >= 15 is 0 Å². The molecule has 0 bridgehead atoms. The van der Waals surface area contributed by atoms with Crippen LogP contribution < -0.4 is 5.32 Å². The fourth-order valence-electron chi connectivity index (χ4n) is 5.17. The molecule has 0 saturated heterocycles. The second-order valence-corrected chi connectivity index (χ2v) is 11.8. The molecule has 0 saturated carbocycles. The molecule has 0 fully saturated rings. The van der Waals surface area contributed by atoms with Gasteiger partial charge in [-0.05, 0) is 54.3 Å². The molecule has 2 heterocycles. The van der Waals surface area contributed by atoms with Gasteiger partial charge in [-0.2, -0.15) is 0 Å². The lowest BCUT2D eigenvalue weighted by molar-refractivity contribution is -0.121. The van der Waals surface area contributed by atoms with Gasteiger partial charge in [0, 0.05) is 29.1 Å². The summed E-state index contributed by atoms with van der Waals surface area (Å²) >= 11 is 7.79. The lowest BCUT2D eigenvalue weighted by atomic mass is 9.98. The Morgan fingerprint density at radius 2 is 1.64 bits per heavy atom. The van der Waals surface area contributed by atoms with E-state index in [1.807, 2.05) is 78.9 Å². The molecule has 0 aliphatic rings. The van der Waals surface area contributed by atoms with Crippen LogP contribution in [0, 0.1) is 6.92 Å². The largest absolute Gasteiger partial charge is 0.345 e. The van der Waals surface area contributed by atoms with Crippen LogP contribution in [0.4, 0.5) is 0 Å². The summed E-state index contributed by atoms with van der Waals surface area (Å²) in [7, 11) is 0. The number of carbonyl (C=O) groups excluding carboxylic acids is 1. The predicted octanol–water partition coefficient (Wildman–Crippen LogP) is 7.77. The Labute approximate surface area is 254 Å². The minimum absolute atomic E-state index is 0.0137. The molecule has 210 valence electrons. The Morgan fingerprint density at radius 1 is 0.905 bits per heavy atom. The van der Waals surface area contributed by atoms with Crippen molar-refractivity contribution in [3.8, 4) is 0 Å². The van der Waals surface area contributed by atoms with E-state index in [9.17, 15) is 4.79 Å². The van der Waals surface area contributed by atoms with E-state index in [1.54, 1.807) is 0 Å². The van der Waals surface area contributed by atoms with Gasteiger partial charge in [0.2, 0.25) is 11.1 Å². The quantitative estimate of drug-likeness (QED) is 0.130. The molecule has 1 N–H and O–H groups in total. The number of nitrogens with zero attached hydrogens (tertiary/aromatic N) is 4. The maximum absolute atomic E-state index is 13.0. The molecule has 1 amide bonds. The van der Waals surface area contributed by atoms with E-state index in [1.165, 1.54) is 11.8 Å². The molecule has 0 atom stereocenters. The van der Waals surface area contributed by atoms with Crippen molar-refractivity contribution in [1.82, 2.24) is 25.1 Å². The van der Waals surface area contributed by atoms with Crippen LogP contribution in [0.2, 0.25) is 5.02 Å². The zero-order valence-corrected chi connectivity index (χ0v) is 24.8. The van der Waals surface area contributed by atoms with Gasteiger partial charge in [-0.15, -0.1) is 10.2 Å². The number of carbonyl (C=O) groups is 1. The molecule has 42 heavy (non-hydrogen) atoms. The zero-order valence-electron chi connectivity index (χ0n) is 23.2. The highest BCUT2D eigenvalue weighted by molar-refractivity contribution is 7.99. The van der Waals surface area contributed by atoms with E-state index < -0.39 is 0 Å². The zero-order chi connectivity index (χ0) is 28.9. The first-order chi connectivity index (χ1) is 20.5. The number of aromatic nitrogens is 4. The minimum Gasteiger partial charge on any atom is -0.345 e. The van der Waals surface area contributed by atoms with Gasteiger partial charge < -0.3 is 9.88 Å². The standard InChI is InChI=1S/C34H30ClN5OS/c1-23-17-18-29-28(20-23)32-33(40(29)22-24-10-8-15-27(35)21-24)37-34(39-38-32)42-19-9-16-30(41)36-31(25-11-4-2-5-12-25)26-13-6-3-7-14-26/h2-8,10-15,17-18,20-21,31H,9,16,19,22H2,1H3,(H,36,41). The van der Waals surface area contributed by atoms with Gasteiger partial charge in [0.15, 0.2) is 5.65 Å². The molecular weight excluding hydrogens is 562 g/mol. The first-order valence-corrected chi connectivity index (χ1v) is 15.3. The summed E-state index contributed by atoms with van der Waals surface area (Å²) in [6, 6.07) is 34.1. The monoisotopic (exact) mass is 591 g/mol. The lowest BCUT2D eigenvalue weighted by Gasteiger charge is -2.20. The van der Waals surface area contributed by atoms with Crippen molar-refractivity contribution in [2.45, 2.75) is 37.5 Å². The average Bonchev–Trinajstić information content (AvgIpc) is 3.30. The van der Waals surface area contributed by atoms with Gasteiger partial charge in [-0.25, -0.2) is 4.98 Å². The van der Waals surface area contributed by atoms with Crippen molar-refractivity contribution in [2.24, 2.45) is 0 Å². The molecule has 0 aliphatic heterocycles. The van der Waals surface area contributed by atoms with E-state index in [2.05, 4.69) is 51.3 Å². The third-order valence-electron chi connectivity index (χ3n) is 7.18. The smallest absolute Gasteiger partial charge is 0.220 e. The van der Waals surface area contributed by atoms with Crippen molar-refractivity contribution < 1.29 is 4.79 Å². The highest BCUT2D eigenvalue weighted by Crippen LogP contribution is 2.30. The van der Waals surface area contributed by atoms with Crippen molar-refractivity contribution in [3.05, 3.63) is 130 Å². The SMILES string of the molecule is Cc1ccc2c(c1)c1nnc(SCCCC(=O)NC(c3ccccc3)c3ccccc3)nc1n2Cc1cccc(Cl)c1. The third-order valence-corrected chi connectivity index (χ3v) is 8.34. The summed E-state index contributed by atoms with van der Waals surface area (Å²) < 4.78 is 2.18. The van der Waals surface area contributed by atoms with Gasteiger partial charge in [0.25, 0.3) is 0 Å². The van der Waals surface area contributed by atoms with Gasteiger partial charge in [-0.1, -0.05) is 108 Å². The van der Waals surface area contributed by atoms with E-state index in [4.69, 9.17) is 16.6 Å². The fraction of sp³-hybridized carbons (Fsp3) is 0.176. The topological polar surface area (TPSA) is 72.7 Å². The number of hydrogen-bond acceptors (Lipinski definition) is 5. The van der Waals surface area contributed by atoms with Crippen LogP contribution in [0.25, 0.3) is 22.1 Å². The minimum atomic E-state index is -0.187. The third kappa shape index (κ3) is 6.32. The Kier molecular flexibility index (Phi) is 8.49. The summed E-state index contributed by atoms with van der Waals surface area (Å²) in [4.78, 5) is 17.9. The summed E-state index contributed by atoms with van der Waals surface area (Å²) in [5.41, 5.74) is 6.99. The number of thioether (sulfide) groups is 1. The molecule has 0 spiro atoms. The van der Waals surface area contributed by atoms with Crippen LogP contribution in [0.1, 0.15) is 41.1 Å². The molecular formula is C34H30ClN5OS. The van der Waals surface area contributed by atoms with Crippen LogP contribution in [-0.4, -0.2) is 31.4 Å². The fourth-order valence-corrected chi connectivity index (χ4v) is 6.11. The Morgan fingerprint density at radius 3 is 2.36 bits per heavy atom. The average molecular weight is 592 g/mol. The number of benzene rings is 4. The van der Waals surface area contributed by atoms with Crippen LogP contribution >= 0.6 is 23.4 Å². The van der Waals surface area contributed by atoms with Crippen LogP contribution in [0.5, 0.6) is 0 Å². The van der Waals surface area contributed by atoms with Gasteiger partial charge in [0.05, 0.1) is 11.6 Å². The van der Waals surface area contributed by atoms with Crippen LogP contribution in [0.3, 0.4) is 0 Å². The number of amides is 1. The number of aryl methyl sites for hydroxylation is 1.